The van der Waals surface area contributed by atoms with E-state index in [0.29, 0.717) is 6.54 Å². The fourth-order valence-corrected chi connectivity index (χ4v) is 3.73. The van der Waals surface area contributed by atoms with Crippen molar-refractivity contribution in [1.29, 1.82) is 0 Å². The number of benzene rings is 2. The number of hydrogen-bond acceptors (Lipinski definition) is 3. The van der Waals surface area contributed by atoms with Gasteiger partial charge in [0, 0.05) is 35.8 Å². The molecule has 0 radical (unpaired) electrons. The van der Waals surface area contributed by atoms with Crippen LogP contribution in [0.4, 0.5) is 0 Å². The van der Waals surface area contributed by atoms with E-state index in [1.165, 1.54) is 16.5 Å². The van der Waals surface area contributed by atoms with Gasteiger partial charge in [-0.2, -0.15) is 0 Å². The van der Waals surface area contributed by atoms with E-state index in [4.69, 9.17) is 0 Å². The first-order chi connectivity index (χ1) is 12.8. The molecule has 26 heavy (non-hydrogen) atoms. The molecule has 3 N–H and O–H groups in total. The molecule has 2 heterocycles. The van der Waals surface area contributed by atoms with Crippen molar-refractivity contribution in [1.82, 2.24) is 15.4 Å². The lowest BCUT2D eigenvalue weighted by Crippen LogP contribution is -2.41. The van der Waals surface area contributed by atoms with Crippen molar-refractivity contribution in [2.75, 3.05) is 13.1 Å². The van der Waals surface area contributed by atoms with Crippen molar-refractivity contribution >= 4 is 22.4 Å². The lowest BCUT2D eigenvalue weighted by molar-refractivity contribution is -0.135. The Morgan fingerprint density at radius 1 is 1.12 bits per heavy atom. The summed E-state index contributed by atoms with van der Waals surface area (Å²) in [5.74, 6) is -0.403. The molecule has 132 valence electrons. The number of amides is 1. The average molecular weight is 347 g/mol. The second kappa shape index (κ2) is 7.15. The Morgan fingerprint density at radius 3 is 2.62 bits per heavy atom. The highest BCUT2D eigenvalue weighted by Crippen LogP contribution is 2.32. The highest BCUT2D eigenvalue weighted by molar-refractivity contribution is 5.92. The number of carbonyl (C=O) groups is 1. The molecule has 0 bridgehead atoms. The molecular weight excluding hydrogens is 326 g/mol. The van der Waals surface area contributed by atoms with Crippen LogP contribution in [-0.2, 0) is 4.79 Å². The second-order valence-corrected chi connectivity index (χ2v) is 6.51. The van der Waals surface area contributed by atoms with Gasteiger partial charge in [-0.05, 0) is 23.6 Å². The van der Waals surface area contributed by atoms with Crippen LogP contribution in [0.1, 0.15) is 23.6 Å². The zero-order chi connectivity index (χ0) is 17.9. The van der Waals surface area contributed by atoms with Gasteiger partial charge in [0.2, 0.25) is 0 Å². The quantitative estimate of drug-likeness (QED) is 0.500. The fourth-order valence-electron chi connectivity index (χ4n) is 3.73. The maximum atomic E-state index is 12.3. The Morgan fingerprint density at radius 2 is 1.88 bits per heavy atom. The third-order valence-electron chi connectivity index (χ3n) is 5.01. The normalized spacial score (nSPS) is 16.3. The number of para-hydroxylation sites is 1. The van der Waals surface area contributed by atoms with Gasteiger partial charge in [-0.25, -0.2) is 5.48 Å². The maximum absolute atomic E-state index is 12.3. The van der Waals surface area contributed by atoms with E-state index in [-0.39, 0.29) is 0 Å². The van der Waals surface area contributed by atoms with Crippen LogP contribution in [0.2, 0.25) is 0 Å². The minimum Gasteiger partial charge on any atom is -0.361 e. The maximum Gasteiger partial charge on any atom is 0.265 e. The Kier molecular flexibility index (Phi) is 4.56. The molecule has 0 spiro atoms. The molecule has 2 aromatic carbocycles. The van der Waals surface area contributed by atoms with Crippen molar-refractivity contribution in [3.05, 3.63) is 78.0 Å². The molecule has 0 saturated heterocycles. The number of H-pyrrole nitrogens is 1. The first kappa shape index (κ1) is 16.6. The van der Waals surface area contributed by atoms with Crippen molar-refractivity contribution in [3.63, 3.8) is 0 Å². The fraction of sp³-hybridized carbons (Fsp3) is 0.190. The van der Waals surface area contributed by atoms with Gasteiger partial charge in [-0.1, -0.05) is 54.6 Å². The van der Waals surface area contributed by atoms with Crippen LogP contribution >= 0.6 is 0 Å². The van der Waals surface area contributed by atoms with Gasteiger partial charge in [-0.15, -0.1) is 0 Å². The number of nitrogens with zero attached hydrogens (tertiary/aromatic N) is 1. The molecular formula is C21H21N3O2. The third-order valence-corrected chi connectivity index (χ3v) is 5.01. The smallest absolute Gasteiger partial charge is 0.265 e. The SMILES string of the molecule is O=C(NO)C(c1ccccc1)N1CC=C(c2c[nH]c3ccccc23)CC1. The predicted molar refractivity (Wildman–Crippen MR) is 102 cm³/mol. The zero-order valence-electron chi connectivity index (χ0n) is 14.4. The van der Waals surface area contributed by atoms with Gasteiger partial charge in [0.25, 0.3) is 5.91 Å². The minimum atomic E-state index is -0.498. The summed E-state index contributed by atoms with van der Waals surface area (Å²) >= 11 is 0. The Hall–Kier alpha value is -2.89. The molecule has 1 amide bonds. The lowest BCUT2D eigenvalue weighted by atomic mass is 9.96. The summed E-state index contributed by atoms with van der Waals surface area (Å²) in [6, 6.07) is 17.3. The first-order valence-electron chi connectivity index (χ1n) is 8.76. The standard InChI is InChI=1S/C21H21N3O2/c25-21(23-26)20(16-6-2-1-3-7-16)24-12-10-15(11-13-24)18-14-22-19-9-5-4-8-17(18)19/h1-10,14,20,22,26H,11-13H2,(H,23,25). The molecule has 5 nitrogen and oxygen atoms in total. The van der Waals surface area contributed by atoms with Gasteiger partial charge >= 0.3 is 0 Å². The number of nitrogens with one attached hydrogen (secondary N) is 2. The summed E-state index contributed by atoms with van der Waals surface area (Å²) in [6.07, 6.45) is 5.09. The van der Waals surface area contributed by atoms with Crippen molar-refractivity contribution in [3.8, 4) is 0 Å². The van der Waals surface area contributed by atoms with Crippen LogP contribution in [0.15, 0.2) is 66.9 Å². The highest BCUT2D eigenvalue weighted by atomic mass is 16.5. The average Bonchev–Trinajstić information content (AvgIpc) is 3.13. The summed E-state index contributed by atoms with van der Waals surface area (Å²) in [5, 5.41) is 10.4. The van der Waals surface area contributed by atoms with E-state index in [1.807, 2.05) is 47.9 Å². The Bertz CT molecular complexity index is 946. The molecule has 4 rings (SSSR count). The van der Waals surface area contributed by atoms with E-state index < -0.39 is 11.9 Å². The highest BCUT2D eigenvalue weighted by Gasteiger charge is 2.29. The first-order valence-corrected chi connectivity index (χ1v) is 8.76. The molecule has 5 heteroatoms. The van der Waals surface area contributed by atoms with Crippen LogP contribution in [-0.4, -0.2) is 34.1 Å². The third kappa shape index (κ3) is 3.03. The lowest BCUT2D eigenvalue weighted by Gasteiger charge is -2.32. The number of hydroxylamine groups is 1. The van der Waals surface area contributed by atoms with Crippen molar-refractivity contribution in [2.24, 2.45) is 0 Å². The van der Waals surface area contributed by atoms with E-state index in [9.17, 15) is 10.0 Å². The summed E-state index contributed by atoms with van der Waals surface area (Å²) in [4.78, 5) is 17.7. The summed E-state index contributed by atoms with van der Waals surface area (Å²) in [7, 11) is 0. The Labute approximate surface area is 151 Å². The monoisotopic (exact) mass is 347 g/mol. The second-order valence-electron chi connectivity index (χ2n) is 6.51. The molecule has 0 fully saturated rings. The Balaban J connectivity index is 1.60. The van der Waals surface area contributed by atoms with Crippen LogP contribution in [0.25, 0.3) is 16.5 Å². The number of aromatic nitrogens is 1. The number of aromatic amines is 1. The topological polar surface area (TPSA) is 68.4 Å². The van der Waals surface area contributed by atoms with Gasteiger partial charge < -0.3 is 4.98 Å². The van der Waals surface area contributed by atoms with Crippen molar-refractivity contribution < 1.29 is 10.0 Å². The van der Waals surface area contributed by atoms with E-state index in [1.54, 1.807) is 0 Å². The van der Waals surface area contributed by atoms with Gasteiger partial charge in [0.1, 0.15) is 6.04 Å². The molecule has 0 aliphatic carbocycles. The molecule has 1 aliphatic heterocycles. The molecule has 1 aromatic heterocycles. The molecule has 3 aromatic rings. The number of rotatable bonds is 4. The van der Waals surface area contributed by atoms with Crippen LogP contribution in [0, 0.1) is 0 Å². The van der Waals surface area contributed by atoms with E-state index in [2.05, 4.69) is 34.3 Å². The minimum absolute atomic E-state index is 0.403. The van der Waals surface area contributed by atoms with Gasteiger partial charge in [-0.3, -0.25) is 14.9 Å². The van der Waals surface area contributed by atoms with Crippen LogP contribution in [0.5, 0.6) is 0 Å². The summed E-state index contributed by atoms with van der Waals surface area (Å²) in [6.45, 7) is 1.40. The predicted octanol–water partition coefficient (Wildman–Crippen LogP) is 3.50. The van der Waals surface area contributed by atoms with Gasteiger partial charge in [0.15, 0.2) is 0 Å². The van der Waals surface area contributed by atoms with Crippen LogP contribution in [0.3, 0.4) is 0 Å². The molecule has 0 saturated carbocycles. The number of carbonyl (C=O) groups excluding carboxylic acids is 1. The molecule has 1 unspecified atom stereocenters. The largest absolute Gasteiger partial charge is 0.361 e. The molecule has 1 atom stereocenters. The van der Waals surface area contributed by atoms with E-state index in [0.717, 1.165) is 24.0 Å². The number of hydrogen-bond donors (Lipinski definition) is 3. The summed E-state index contributed by atoms with van der Waals surface area (Å²) < 4.78 is 0. The summed E-state index contributed by atoms with van der Waals surface area (Å²) in [5.41, 5.74) is 6.34. The van der Waals surface area contributed by atoms with Crippen LogP contribution < -0.4 is 5.48 Å². The van der Waals surface area contributed by atoms with E-state index >= 15 is 0 Å². The molecule has 1 aliphatic rings. The van der Waals surface area contributed by atoms with Crippen molar-refractivity contribution in [2.45, 2.75) is 12.5 Å². The number of fused-ring (bicyclic) bond motifs is 1. The zero-order valence-corrected chi connectivity index (χ0v) is 14.4. The van der Waals surface area contributed by atoms with Gasteiger partial charge in [0.05, 0.1) is 0 Å².